The SMILES string of the molecule is C/C=C/C=C(\C=C\N1Cc2cnc(Nc3ccc(C)nc3)nc2N(C)C1=O)C(=O)C[C@H]1CC(C)C2CC[C@@H](C(=O)NC(C)(C)C(=O)N[C@@H](CC(C)C)C(C)=O)N2C1=O. The number of allylic oxidation sites excluding steroid dienone is 5. The Morgan fingerprint density at radius 2 is 1.81 bits per heavy atom. The molecule has 5 atom stereocenters. The first-order valence-electron chi connectivity index (χ1n) is 20.0. The van der Waals surface area contributed by atoms with E-state index in [2.05, 4.69) is 30.9 Å². The van der Waals surface area contributed by atoms with Gasteiger partial charge in [-0.3, -0.25) is 38.8 Å². The number of rotatable bonds is 15. The van der Waals surface area contributed by atoms with Crippen molar-refractivity contribution in [1.82, 2.24) is 35.4 Å². The highest BCUT2D eigenvalue weighted by molar-refractivity contribution is 6.02. The lowest BCUT2D eigenvalue weighted by Gasteiger charge is -2.42. The van der Waals surface area contributed by atoms with Crippen molar-refractivity contribution in [2.24, 2.45) is 17.8 Å². The number of aromatic nitrogens is 3. The molecule has 0 radical (unpaired) electrons. The molecule has 3 aliphatic rings. The van der Waals surface area contributed by atoms with Gasteiger partial charge in [0.2, 0.25) is 23.7 Å². The normalized spacial score (nSPS) is 21.7. The van der Waals surface area contributed by atoms with Crippen molar-refractivity contribution in [3.8, 4) is 0 Å². The number of urea groups is 1. The number of carbonyl (C=O) groups is 6. The summed E-state index contributed by atoms with van der Waals surface area (Å²) >= 11 is 0. The number of Topliss-reactive ketones (excluding diaryl/α,β-unsaturated/α-hetero) is 2. The summed E-state index contributed by atoms with van der Waals surface area (Å²) in [7, 11) is 1.62. The van der Waals surface area contributed by atoms with Crippen LogP contribution in [0.4, 0.5) is 22.2 Å². The molecule has 2 fully saturated rings. The first kappa shape index (κ1) is 43.4. The predicted octanol–water partition coefficient (Wildman–Crippen LogP) is 5.30. The fraction of sp³-hybridized carbons (Fsp3) is 0.512. The predicted molar refractivity (Wildman–Crippen MR) is 221 cm³/mol. The summed E-state index contributed by atoms with van der Waals surface area (Å²) in [5.74, 6) is -1.32. The number of ketones is 2. The molecule has 2 aromatic rings. The molecule has 0 saturated carbocycles. The van der Waals surface area contributed by atoms with Gasteiger partial charge in [-0.05, 0) is 90.3 Å². The second-order valence-electron chi connectivity index (χ2n) is 16.6. The van der Waals surface area contributed by atoms with E-state index in [1.165, 1.54) is 16.7 Å². The van der Waals surface area contributed by atoms with Crippen LogP contribution in [0.2, 0.25) is 0 Å². The molecule has 310 valence electrons. The second kappa shape index (κ2) is 18.2. The van der Waals surface area contributed by atoms with Gasteiger partial charge in [0.1, 0.15) is 17.4 Å². The highest BCUT2D eigenvalue weighted by Gasteiger charge is 2.50. The van der Waals surface area contributed by atoms with Crippen LogP contribution in [0.25, 0.3) is 0 Å². The summed E-state index contributed by atoms with van der Waals surface area (Å²) in [6.45, 7) is 14.4. The molecule has 0 spiro atoms. The van der Waals surface area contributed by atoms with Crippen LogP contribution < -0.4 is 20.9 Å². The topological polar surface area (TPSA) is 187 Å². The number of nitrogens with one attached hydrogen (secondary N) is 3. The zero-order valence-corrected chi connectivity index (χ0v) is 35.0. The lowest BCUT2D eigenvalue weighted by molar-refractivity contribution is -0.151. The van der Waals surface area contributed by atoms with E-state index in [4.69, 9.17) is 0 Å². The van der Waals surface area contributed by atoms with Gasteiger partial charge in [-0.25, -0.2) is 9.78 Å². The summed E-state index contributed by atoms with van der Waals surface area (Å²) in [6, 6.07) is 1.74. The molecule has 5 amide bonds. The van der Waals surface area contributed by atoms with Crippen LogP contribution in [0, 0.1) is 24.7 Å². The Kier molecular flexibility index (Phi) is 13.6. The number of nitrogens with zero attached hydrogens (tertiary/aromatic N) is 6. The van der Waals surface area contributed by atoms with Crippen molar-refractivity contribution in [3.05, 3.63) is 71.9 Å². The first-order chi connectivity index (χ1) is 27.4. The van der Waals surface area contributed by atoms with E-state index in [-0.39, 0.29) is 54.3 Å². The van der Waals surface area contributed by atoms with E-state index >= 15 is 0 Å². The average molecular weight is 796 g/mol. The maximum atomic E-state index is 14.2. The minimum atomic E-state index is -1.35. The monoisotopic (exact) mass is 795 g/mol. The smallest absolute Gasteiger partial charge is 0.329 e. The van der Waals surface area contributed by atoms with Crippen LogP contribution in [-0.4, -0.2) is 90.8 Å². The first-order valence-corrected chi connectivity index (χ1v) is 20.0. The molecular formula is C43H57N9O6. The van der Waals surface area contributed by atoms with Gasteiger partial charge in [0.05, 0.1) is 24.5 Å². The molecule has 58 heavy (non-hydrogen) atoms. The Bertz CT molecular complexity index is 2010. The number of hydrogen-bond donors (Lipinski definition) is 3. The van der Waals surface area contributed by atoms with E-state index in [1.54, 1.807) is 68.7 Å². The summed E-state index contributed by atoms with van der Waals surface area (Å²) < 4.78 is 0. The number of carbonyl (C=O) groups excluding carboxylic acids is 6. The van der Waals surface area contributed by atoms with Crippen LogP contribution >= 0.6 is 0 Å². The lowest BCUT2D eigenvalue weighted by Crippen LogP contribution is -2.62. The summed E-state index contributed by atoms with van der Waals surface area (Å²) in [6.07, 6.45) is 13.6. The summed E-state index contributed by atoms with van der Waals surface area (Å²) in [5, 5.41) is 8.74. The fourth-order valence-corrected chi connectivity index (χ4v) is 7.78. The van der Waals surface area contributed by atoms with Crippen LogP contribution in [0.1, 0.15) is 91.8 Å². The largest absolute Gasteiger partial charge is 0.344 e. The van der Waals surface area contributed by atoms with Crippen LogP contribution in [0.15, 0.2) is 60.6 Å². The minimum absolute atomic E-state index is 0.0311. The molecule has 0 aromatic carbocycles. The van der Waals surface area contributed by atoms with Crippen molar-refractivity contribution in [2.45, 2.75) is 118 Å². The highest BCUT2D eigenvalue weighted by Crippen LogP contribution is 2.40. The summed E-state index contributed by atoms with van der Waals surface area (Å²) in [5.41, 5.74) is 1.26. The Morgan fingerprint density at radius 3 is 2.47 bits per heavy atom. The van der Waals surface area contributed by atoms with Crippen molar-refractivity contribution in [1.29, 1.82) is 0 Å². The number of fused-ring (bicyclic) bond motifs is 2. The molecule has 2 aromatic heterocycles. The number of pyridine rings is 1. The van der Waals surface area contributed by atoms with E-state index in [9.17, 15) is 28.8 Å². The maximum Gasteiger partial charge on any atom is 0.329 e. The van der Waals surface area contributed by atoms with Gasteiger partial charge < -0.3 is 20.9 Å². The fourth-order valence-electron chi connectivity index (χ4n) is 7.78. The number of anilines is 3. The third kappa shape index (κ3) is 10.0. The van der Waals surface area contributed by atoms with Crippen molar-refractivity contribution in [2.75, 3.05) is 17.3 Å². The molecular weight excluding hydrogens is 739 g/mol. The molecule has 0 bridgehead atoms. The van der Waals surface area contributed by atoms with Gasteiger partial charge in [-0.15, -0.1) is 0 Å². The molecule has 0 aliphatic carbocycles. The molecule has 15 heteroatoms. The third-order valence-corrected chi connectivity index (χ3v) is 11.0. The van der Waals surface area contributed by atoms with Gasteiger partial charge in [0, 0.05) is 54.7 Å². The minimum Gasteiger partial charge on any atom is -0.344 e. The van der Waals surface area contributed by atoms with Gasteiger partial charge >= 0.3 is 6.03 Å². The van der Waals surface area contributed by atoms with Crippen molar-refractivity contribution < 1.29 is 28.8 Å². The van der Waals surface area contributed by atoms with E-state index in [0.717, 1.165) is 5.69 Å². The number of hydrogen-bond acceptors (Lipinski definition) is 10. The zero-order valence-electron chi connectivity index (χ0n) is 35.0. The van der Waals surface area contributed by atoms with E-state index in [1.807, 2.05) is 46.8 Å². The van der Waals surface area contributed by atoms with Crippen LogP contribution in [0.3, 0.4) is 0 Å². The maximum absolute atomic E-state index is 14.2. The standard InChI is InChI=1S/C43H57N9O6/c1-10-11-12-29(17-18-51-24-31-22-45-41(48-37(31)50(9)42(51)58)46-32-14-13-27(5)44-23-32)36(54)21-30-20-26(4)34-15-16-35(52(34)39(30)56)38(55)49-43(7,8)40(57)47-33(28(6)53)19-25(2)3/h10-14,17-18,22-23,25-26,30,33-35H,15-16,19-21,24H2,1-9H3,(H,47,57)(H,49,55)(H,45,46,48)/b11-10+,18-17+,29-12+/t26?,30-,33+,34?,35+/m1/s1. The molecule has 3 N–H and O–H groups in total. The molecule has 3 aliphatic heterocycles. The van der Waals surface area contributed by atoms with Crippen LogP contribution in [-0.2, 0) is 30.5 Å². The lowest BCUT2D eigenvalue weighted by atomic mass is 9.81. The van der Waals surface area contributed by atoms with E-state index in [0.29, 0.717) is 54.3 Å². The van der Waals surface area contributed by atoms with Gasteiger partial charge in [0.15, 0.2) is 11.6 Å². The van der Waals surface area contributed by atoms with Crippen LogP contribution in [0.5, 0.6) is 0 Å². The number of aryl methyl sites for hydroxylation is 1. The second-order valence-corrected chi connectivity index (χ2v) is 16.6. The molecule has 5 rings (SSSR count). The Labute approximate surface area is 340 Å². The van der Waals surface area contributed by atoms with E-state index < -0.39 is 35.4 Å². The molecule has 15 nitrogen and oxygen atoms in total. The quantitative estimate of drug-likeness (QED) is 0.158. The Balaban J connectivity index is 1.26. The number of amides is 5. The van der Waals surface area contributed by atoms with Gasteiger partial charge in [0.25, 0.3) is 0 Å². The molecule has 2 saturated heterocycles. The highest BCUT2D eigenvalue weighted by atomic mass is 16.2. The molecule has 2 unspecified atom stereocenters. The summed E-state index contributed by atoms with van der Waals surface area (Å²) in [4.78, 5) is 98.7. The number of piperidine rings is 1. The van der Waals surface area contributed by atoms with Gasteiger partial charge in [-0.1, -0.05) is 39.0 Å². The Hall–Kier alpha value is -5.73. The van der Waals surface area contributed by atoms with Crippen molar-refractivity contribution >= 4 is 52.8 Å². The average Bonchev–Trinajstić information content (AvgIpc) is 3.63. The van der Waals surface area contributed by atoms with Gasteiger partial charge in [-0.2, -0.15) is 4.98 Å². The Morgan fingerprint density at radius 1 is 1.07 bits per heavy atom. The molecule has 5 heterocycles. The van der Waals surface area contributed by atoms with Crippen molar-refractivity contribution in [3.63, 3.8) is 0 Å². The third-order valence-electron chi connectivity index (χ3n) is 11.0. The zero-order chi connectivity index (χ0) is 42.5.